The Bertz CT molecular complexity index is 549. The minimum atomic E-state index is 0.0871. The van der Waals surface area contributed by atoms with Crippen molar-refractivity contribution in [2.24, 2.45) is 5.90 Å². The van der Waals surface area contributed by atoms with Gasteiger partial charge in [-0.25, -0.2) is 0 Å². The molecular weight excluding hydrogens is 312 g/mol. The second-order valence-electron chi connectivity index (χ2n) is 5.41. The summed E-state index contributed by atoms with van der Waals surface area (Å²) in [6.07, 6.45) is 5.87. The number of carbonyl (C=O) groups excluding carboxylic acids is 1. The number of fused-ring (bicyclic) bond motifs is 1. The molecule has 21 heavy (non-hydrogen) atoms. The van der Waals surface area contributed by atoms with Gasteiger partial charge in [0.1, 0.15) is 0 Å². The molecule has 0 radical (unpaired) electrons. The van der Waals surface area contributed by atoms with Crippen LogP contribution in [-0.4, -0.2) is 16.8 Å². The third kappa shape index (κ3) is 3.05. The lowest BCUT2D eigenvalue weighted by molar-refractivity contribution is -0.195. The predicted octanol–water partition coefficient (Wildman–Crippen LogP) is 3.46. The van der Waals surface area contributed by atoms with E-state index in [0.717, 1.165) is 30.4 Å². The predicted molar refractivity (Wildman–Crippen MR) is 80.4 cm³/mol. The maximum absolute atomic E-state index is 12.6. The lowest BCUT2D eigenvalue weighted by Gasteiger charge is -2.30. The van der Waals surface area contributed by atoms with Crippen molar-refractivity contribution in [2.75, 3.05) is 0 Å². The van der Waals surface area contributed by atoms with Crippen molar-refractivity contribution in [1.29, 1.82) is 0 Å². The number of hydrogen-bond donors (Lipinski definition) is 1. The van der Waals surface area contributed by atoms with Crippen LogP contribution in [0.3, 0.4) is 0 Å². The Morgan fingerprint density at radius 1 is 1.29 bits per heavy atom. The zero-order chi connectivity index (χ0) is 14.8. The van der Waals surface area contributed by atoms with Crippen molar-refractivity contribution in [3.8, 4) is 0 Å². The Labute approximate surface area is 132 Å². The molecule has 0 unspecified atom stereocenters. The molecule has 1 aromatic rings. The van der Waals surface area contributed by atoms with Gasteiger partial charge in [-0.05, 0) is 30.5 Å². The molecule has 0 aromatic heterocycles. The van der Waals surface area contributed by atoms with E-state index in [2.05, 4.69) is 9.32 Å². The van der Waals surface area contributed by atoms with E-state index in [1.54, 1.807) is 6.07 Å². The largest absolute Gasteiger partial charge is 0.331 e. The van der Waals surface area contributed by atoms with Gasteiger partial charge in [0.25, 0.3) is 5.91 Å². The summed E-state index contributed by atoms with van der Waals surface area (Å²) in [4.78, 5) is 19.3. The van der Waals surface area contributed by atoms with Crippen molar-refractivity contribution in [3.05, 3.63) is 28.3 Å². The van der Waals surface area contributed by atoms with Crippen molar-refractivity contribution in [2.45, 2.75) is 49.6 Å². The van der Waals surface area contributed by atoms with Gasteiger partial charge in [0, 0.05) is 18.2 Å². The Morgan fingerprint density at radius 2 is 2.05 bits per heavy atom. The Balaban J connectivity index is 1.82. The number of hydrogen-bond acceptors (Lipinski definition) is 5. The van der Waals surface area contributed by atoms with Crippen LogP contribution in [0.5, 0.6) is 0 Å². The highest BCUT2D eigenvalue weighted by molar-refractivity contribution is 7.94. The van der Waals surface area contributed by atoms with Gasteiger partial charge in [-0.2, -0.15) is 5.90 Å². The molecule has 3 rings (SSSR count). The summed E-state index contributed by atoms with van der Waals surface area (Å²) < 4.78 is 4.62. The van der Waals surface area contributed by atoms with E-state index in [1.807, 2.05) is 11.0 Å². The highest BCUT2D eigenvalue weighted by Crippen LogP contribution is 2.36. The van der Waals surface area contributed by atoms with Crippen LogP contribution < -0.4 is 5.90 Å². The number of nitrogens with two attached hydrogens (primary N) is 1. The summed E-state index contributed by atoms with van der Waals surface area (Å²) in [6.45, 7) is 0.651. The van der Waals surface area contributed by atoms with E-state index in [9.17, 15) is 4.79 Å². The van der Waals surface area contributed by atoms with Crippen LogP contribution in [0.1, 0.15) is 48.0 Å². The molecule has 2 aliphatic rings. The molecule has 1 aliphatic heterocycles. The van der Waals surface area contributed by atoms with E-state index in [0.29, 0.717) is 28.1 Å². The minimum absolute atomic E-state index is 0.0871. The summed E-state index contributed by atoms with van der Waals surface area (Å²) in [7, 11) is 0. The zero-order valence-electron chi connectivity index (χ0n) is 11.5. The molecule has 0 spiro atoms. The van der Waals surface area contributed by atoms with E-state index in [1.165, 1.54) is 19.3 Å². The number of halogens is 1. The van der Waals surface area contributed by atoms with E-state index >= 15 is 0 Å². The molecular formula is C14H17ClN2O3S. The number of amides is 1. The maximum atomic E-state index is 12.6. The van der Waals surface area contributed by atoms with Crippen molar-refractivity contribution in [3.63, 3.8) is 0 Å². The van der Waals surface area contributed by atoms with Crippen LogP contribution in [0.4, 0.5) is 0 Å². The van der Waals surface area contributed by atoms with Crippen molar-refractivity contribution >= 4 is 29.6 Å². The van der Waals surface area contributed by atoms with E-state index in [-0.39, 0.29) is 5.91 Å². The minimum Gasteiger partial charge on any atom is -0.331 e. The molecule has 5 nitrogen and oxygen atoms in total. The summed E-state index contributed by atoms with van der Waals surface area (Å²) >= 11 is 7.10. The highest BCUT2D eigenvalue weighted by atomic mass is 35.5. The van der Waals surface area contributed by atoms with Crippen molar-refractivity contribution in [1.82, 2.24) is 4.90 Å². The highest BCUT2D eigenvalue weighted by Gasteiger charge is 2.34. The first-order valence-electron chi connectivity index (χ1n) is 7.04. The lowest BCUT2D eigenvalue weighted by atomic mass is 9.94. The quantitative estimate of drug-likeness (QED) is 0.521. The van der Waals surface area contributed by atoms with Gasteiger partial charge in [0.2, 0.25) is 0 Å². The Morgan fingerprint density at radius 3 is 2.76 bits per heavy atom. The maximum Gasteiger partial charge on any atom is 0.254 e. The van der Waals surface area contributed by atoms with Gasteiger partial charge >= 0.3 is 0 Å². The van der Waals surface area contributed by atoms with Gasteiger partial charge < -0.3 is 4.90 Å². The summed E-state index contributed by atoms with van der Waals surface area (Å²) in [6, 6.07) is 3.95. The SMILES string of the molecule is NOOSc1cc2c(cc1Cl)CN(C1CCCCC1)C2=O. The molecule has 7 heteroatoms. The first kappa shape index (κ1) is 15.1. The van der Waals surface area contributed by atoms with Crippen molar-refractivity contribution < 1.29 is 14.1 Å². The van der Waals surface area contributed by atoms with Gasteiger partial charge in [-0.1, -0.05) is 30.9 Å². The molecule has 1 amide bonds. The van der Waals surface area contributed by atoms with E-state index in [4.69, 9.17) is 17.5 Å². The van der Waals surface area contributed by atoms with Crippen LogP contribution in [0.2, 0.25) is 5.02 Å². The molecule has 1 aliphatic carbocycles. The van der Waals surface area contributed by atoms with Crippen LogP contribution >= 0.6 is 23.6 Å². The molecule has 1 aromatic carbocycles. The fourth-order valence-corrected chi connectivity index (χ4v) is 3.84. The number of carbonyl (C=O) groups is 1. The van der Waals surface area contributed by atoms with Gasteiger partial charge in [0.05, 0.1) is 22.0 Å². The summed E-state index contributed by atoms with van der Waals surface area (Å²) in [5, 5.41) is 0.536. The van der Waals surface area contributed by atoms with Crippen LogP contribution in [0.15, 0.2) is 17.0 Å². The molecule has 1 heterocycles. The second-order valence-corrected chi connectivity index (χ2v) is 6.56. The Hall–Kier alpha value is -0.790. The van der Waals surface area contributed by atoms with Gasteiger partial charge in [0.15, 0.2) is 0 Å². The van der Waals surface area contributed by atoms with E-state index < -0.39 is 0 Å². The second kappa shape index (κ2) is 6.54. The first-order valence-corrected chi connectivity index (χ1v) is 8.16. The average molecular weight is 329 g/mol. The average Bonchev–Trinajstić information content (AvgIpc) is 2.82. The third-order valence-electron chi connectivity index (χ3n) is 4.17. The third-order valence-corrected chi connectivity index (χ3v) is 5.26. The Kier molecular flexibility index (Phi) is 4.71. The van der Waals surface area contributed by atoms with Gasteiger partial charge in [-0.15, -0.1) is 9.32 Å². The number of rotatable bonds is 4. The topological polar surface area (TPSA) is 64.8 Å². The normalized spacial score (nSPS) is 19.1. The molecule has 0 saturated heterocycles. The summed E-state index contributed by atoms with van der Waals surface area (Å²) in [5.74, 6) is 4.91. The number of nitrogens with zero attached hydrogens (tertiary/aromatic N) is 1. The number of benzene rings is 1. The van der Waals surface area contributed by atoms with Crippen LogP contribution in [0.25, 0.3) is 0 Å². The fourth-order valence-electron chi connectivity index (χ4n) is 3.14. The molecule has 1 saturated carbocycles. The molecule has 114 valence electrons. The molecule has 2 N–H and O–H groups in total. The fraction of sp³-hybridized carbons (Fsp3) is 0.500. The zero-order valence-corrected chi connectivity index (χ0v) is 13.1. The smallest absolute Gasteiger partial charge is 0.254 e. The van der Waals surface area contributed by atoms with Crippen LogP contribution in [-0.2, 0) is 15.9 Å². The molecule has 0 atom stereocenters. The summed E-state index contributed by atoms with van der Waals surface area (Å²) in [5.41, 5.74) is 1.68. The first-order chi connectivity index (χ1) is 10.2. The monoisotopic (exact) mass is 328 g/mol. The van der Waals surface area contributed by atoms with Gasteiger partial charge in [-0.3, -0.25) is 4.79 Å². The van der Waals surface area contributed by atoms with Crippen LogP contribution in [0, 0.1) is 0 Å². The standard InChI is InChI=1S/C14H17ClN2O3S/c15-12-6-9-8-17(10-4-2-1-3-5-10)14(18)11(9)7-13(12)21-20-19-16/h6-7,10H,1-5,8,16H2. The molecule has 0 bridgehead atoms. The lowest BCUT2D eigenvalue weighted by Crippen LogP contribution is -2.36. The molecule has 1 fully saturated rings.